The van der Waals surface area contributed by atoms with Crippen molar-refractivity contribution in [3.63, 3.8) is 0 Å². The Morgan fingerprint density at radius 3 is 2.90 bits per heavy atom. The molecule has 1 fully saturated rings. The van der Waals surface area contributed by atoms with Crippen LogP contribution in [0.4, 0.5) is 0 Å². The van der Waals surface area contributed by atoms with Gasteiger partial charge in [0.15, 0.2) is 0 Å². The minimum absolute atomic E-state index is 0.602. The molecule has 1 aliphatic carbocycles. The van der Waals surface area contributed by atoms with Crippen molar-refractivity contribution < 1.29 is 0 Å². The van der Waals surface area contributed by atoms with Gasteiger partial charge < -0.3 is 5.73 Å². The van der Waals surface area contributed by atoms with Crippen LogP contribution in [-0.4, -0.2) is 9.78 Å². The Balaban J connectivity index is 1.60. The lowest BCUT2D eigenvalue weighted by molar-refractivity contribution is 0.464. The lowest BCUT2D eigenvalue weighted by Gasteiger charge is -2.08. The molecule has 0 atom stereocenters. The van der Waals surface area contributed by atoms with E-state index < -0.39 is 0 Å². The van der Waals surface area contributed by atoms with Gasteiger partial charge in [0.2, 0.25) is 0 Å². The summed E-state index contributed by atoms with van der Waals surface area (Å²) in [5.74, 6) is 0.924. The van der Waals surface area contributed by atoms with Crippen molar-refractivity contribution in [1.29, 1.82) is 0 Å². The van der Waals surface area contributed by atoms with E-state index in [2.05, 4.69) is 41.2 Å². The topological polar surface area (TPSA) is 43.8 Å². The molecule has 106 valence electrons. The lowest BCUT2D eigenvalue weighted by Crippen LogP contribution is -2.05. The summed E-state index contributed by atoms with van der Waals surface area (Å²) in [5.41, 5.74) is 8.03. The van der Waals surface area contributed by atoms with Crippen LogP contribution in [0.2, 0.25) is 0 Å². The van der Waals surface area contributed by atoms with E-state index in [1.807, 2.05) is 11.8 Å². The van der Waals surface area contributed by atoms with Gasteiger partial charge in [-0.1, -0.05) is 25.0 Å². The molecule has 3 rings (SSSR count). The third-order valence-corrected chi connectivity index (χ3v) is 4.91. The third kappa shape index (κ3) is 3.25. The van der Waals surface area contributed by atoms with Gasteiger partial charge >= 0.3 is 0 Å². The maximum atomic E-state index is 5.67. The van der Waals surface area contributed by atoms with Gasteiger partial charge in [0.1, 0.15) is 0 Å². The summed E-state index contributed by atoms with van der Waals surface area (Å²) < 4.78 is 2.17. The molecular formula is C16H21N3S. The zero-order chi connectivity index (χ0) is 13.8. The normalized spacial score (nSPS) is 15.8. The maximum Gasteiger partial charge on any atom is 0.0727 e. The van der Waals surface area contributed by atoms with Crippen LogP contribution in [0.3, 0.4) is 0 Å². The number of nitrogens with zero attached hydrogens (tertiary/aromatic N) is 2. The molecule has 3 nitrogen and oxygen atoms in total. The number of thioether (sulfide) groups is 1. The van der Waals surface area contributed by atoms with E-state index in [9.17, 15) is 0 Å². The highest BCUT2D eigenvalue weighted by Crippen LogP contribution is 2.29. The summed E-state index contributed by atoms with van der Waals surface area (Å²) >= 11 is 1.83. The van der Waals surface area contributed by atoms with E-state index in [1.165, 1.54) is 41.8 Å². The summed E-state index contributed by atoms with van der Waals surface area (Å²) in [7, 11) is 0. The number of nitrogens with two attached hydrogens (primary N) is 1. The smallest absolute Gasteiger partial charge is 0.0727 e. The van der Waals surface area contributed by atoms with Crippen molar-refractivity contribution >= 4 is 11.8 Å². The zero-order valence-electron chi connectivity index (χ0n) is 11.7. The number of benzene rings is 1. The number of hydrogen-bond donors (Lipinski definition) is 1. The van der Waals surface area contributed by atoms with Crippen molar-refractivity contribution in [3.8, 4) is 0 Å². The average molecular weight is 287 g/mol. The van der Waals surface area contributed by atoms with Gasteiger partial charge in [-0.15, -0.1) is 11.8 Å². The molecule has 1 aromatic carbocycles. The van der Waals surface area contributed by atoms with Crippen molar-refractivity contribution in [1.82, 2.24) is 9.78 Å². The first-order valence-electron chi connectivity index (χ1n) is 7.31. The highest BCUT2D eigenvalue weighted by Gasteiger charge is 2.17. The molecule has 0 radical (unpaired) electrons. The molecule has 0 bridgehead atoms. The predicted molar refractivity (Wildman–Crippen MR) is 83.6 cm³/mol. The Hall–Kier alpha value is -1.26. The van der Waals surface area contributed by atoms with E-state index in [0.29, 0.717) is 12.6 Å². The Morgan fingerprint density at radius 2 is 2.10 bits per heavy atom. The summed E-state index contributed by atoms with van der Waals surface area (Å²) in [5, 5.41) is 4.72. The summed E-state index contributed by atoms with van der Waals surface area (Å²) in [6.45, 7) is 0.602. The summed E-state index contributed by atoms with van der Waals surface area (Å²) in [4.78, 5) is 1.27. The molecule has 1 heterocycles. The maximum absolute atomic E-state index is 5.67. The van der Waals surface area contributed by atoms with Crippen LogP contribution in [0.25, 0.3) is 0 Å². The number of hydrogen-bond acceptors (Lipinski definition) is 3. The molecule has 1 aromatic heterocycles. The van der Waals surface area contributed by atoms with Crippen molar-refractivity contribution in [2.75, 3.05) is 0 Å². The molecule has 1 aliphatic rings. The quantitative estimate of drug-likeness (QED) is 0.852. The molecule has 0 spiro atoms. The Kier molecular flexibility index (Phi) is 4.43. The van der Waals surface area contributed by atoms with Crippen LogP contribution in [0.5, 0.6) is 0 Å². The minimum Gasteiger partial charge on any atom is -0.326 e. The zero-order valence-corrected chi connectivity index (χ0v) is 12.5. The molecule has 2 aromatic rings. The molecule has 20 heavy (non-hydrogen) atoms. The number of rotatable bonds is 5. The standard InChI is InChI=1S/C16H21N3S/c17-11-13-4-3-7-16(10-13)20-12-14-8-9-19(18-14)15-5-1-2-6-15/h3-4,7-10,15H,1-2,5-6,11-12,17H2. The van der Waals surface area contributed by atoms with Crippen LogP contribution < -0.4 is 5.73 Å². The van der Waals surface area contributed by atoms with Crippen LogP contribution in [-0.2, 0) is 12.3 Å². The second kappa shape index (κ2) is 6.46. The van der Waals surface area contributed by atoms with E-state index in [-0.39, 0.29) is 0 Å². The monoisotopic (exact) mass is 287 g/mol. The van der Waals surface area contributed by atoms with Crippen LogP contribution in [0.1, 0.15) is 43.0 Å². The minimum atomic E-state index is 0.602. The molecule has 2 N–H and O–H groups in total. The SMILES string of the molecule is NCc1cccc(SCc2ccn(C3CCCC3)n2)c1. The van der Waals surface area contributed by atoms with Crippen LogP contribution >= 0.6 is 11.8 Å². The van der Waals surface area contributed by atoms with Crippen molar-refractivity contribution in [2.24, 2.45) is 5.73 Å². The summed E-state index contributed by atoms with van der Waals surface area (Å²) in [6.07, 6.45) is 7.41. The van der Waals surface area contributed by atoms with Gasteiger partial charge in [-0.2, -0.15) is 5.10 Å². The fourth-order valence-electron chi connectivity index (χ4n) is 2.75. The Labute approximate surface area is 124 Å². The van der Waals surface area contributed by atoms with Gasteiger partial charge in [-0.05, 0) is 36.6 Å². The van der Waals surface area contributed by atoms with Crippen LogP contribution in [0, 0.1) is 0 Å². The largest absolute Gasteiger partial charge is 0.326 e. The fourth-order valence-corrected chi connectivity index (χ4v) is 3.62. The lowest BCUT2D eigenvalue weighted by atomic mass is 10.2. The number of aromatic nitrogens is 2. The van der Waals surface area contributed by atoms with Crippen molar-refractivity contribution in [2.45, 2.75) is 48.9 Å². The fraction of sp³-hybridized carbons (Fsp3) is 0.438. The molecule has 0 aliphatic heterocycles. The average Bonchev–Trinajstić information content (AvgIpc) is 3.16. The van der Waals surface area contributed by atoms with Gasteiger partial charge in [0, 0.05) is 23.4 Å². The van der Waals surface area contributed by atoms with E-state index in [0.717, 1.165) is 5.75 Å². The van der Waals surface area contributed by atoms with E-state index in [4.69, 9.17) is 10.8 Å². The highest BCUT2D eigenvalue weighted by atomic mass is 32.2. The molecule has 0 unspecified atom stereocenters. The first kappa shape index (κ1) is 13.7. The van der Waals surface area contributed by atoms with Crippen LogP contribution in [0.15, 0.2) is 41.4 Å². The molecule has 4 heteroatoms. The van der Waals surface area contributed by atoms with E-state index in [1.54, 1.807) is 0 Å². The highest BCUT2D eigenvalue weighted by molar-refractivity contribution is 7.98. The molecule has 0 saturated heterocycles. The summed E-state index contributed by atoms with van der Waals surface area (Å²) in [6, 6.07) is 11.2. The van der Waals surface area contributed by atoms with Gasteiger partial charge in [0.05, 0.1) is 11.7 Å². The first-order chi connectivity index (χ1) is 9.85. The molecule has 0 amide bonds. The Morgan fingerprint density at radius 1 is 1.25 bits per heavy atom. The second-order valence-electron chi connectivity index (χ2n) is 5.37. The second-order valence-corrected chi connectivity index (χ2v) is 6.41. The molecule has 1 saturated carbocycles. The Bertz CT molecular complexity index is 558. The van der Waals surface area contributed by atoms with Gasteiger partial charge in [-0.25, -0.2) is 0 Å². The molecular weight excluding hydrogens is 266 g/mol. The predicted octanol–water partition coefficient (Wildman–Crippen LogP) is 3.75. The third-order valence-electron chi connectivity index (χ3n) is 3.88. The first-order valence-corrected chi connectivity index (χ1v) is 8.29. The van der Waals surface area contributed by atoms with Crippen molar-refractivity contribution in [3.05, 3.63) is 47.8 Å². The van der Waals surface area contributed by atoms with Gasteiger partial charge in [-0.3, -0.25) is 4.68 Å². The van der Waals surface area contributed by atoms with E-state index >= 15 is 0 Å². The van der Waals surface area contributed by atoms with Gasteiger partial charge in [0.25, 0.3) is 0 Å².